The van der Waals surface area contributed by atoms with Gasteiger partial charge in [-0.1, -0.05) is 6.07 Å². The molecule has 2 aromatic rings. The van der Waals surface area contributed by atoms with E-state index < -0.39 is 4.92 Å². The molecule has 21 heavy (non-hydrogen) atoms. The molecule has 0 atom stereocenters. The molecule has 1 N–H and O–H groups in total. The molecule has 0 bridgehead atoms. The van der Waals surface area contributed by atoms with Gasteiger partial charge in [0.25, 0.3) is 11.6 Å². The molecule has 0 unspecified atom stereocenters. The molecule has 0 fully saturated rings. The summed E-state index contributed by atoms with van der Waals surface area (Å²) in [6.07, 6.45) is 1.13. The van der Waals surface area contributed by atoms with Gasteiger partial charge in [-0.15, -0.1) is 0 Å². The fourth-order valence-electron chi connectivity index (χ4n) is 1.85. The summed E-state index contributed by atoms with van der Waals surface area (Å²) in [7, 11) is 0. The van der Waals surface area contributed by atoms with Crippen LogP contribution in [0.5, 0.6) is 0 Å². The zero-order valence-corrected chi connectivity index (χ0v) is 12.0. The maximum absolute atomic E-state index is 12.2. The van der Waals surface area contributed by atoms with Crippen molar-refractivity contribution in [3.8, 4) is 0 Å². The predicted octanol–water partition coefficient (Wildman–Crippen LogP) is 3.17. The zero-order valence-electron chi connectivity index (χ0n) is 12.0. The van der Waals surface area contributed by atoms with Crippen LogP contribution in [-0.4, -0.2) is 15.8 Å². The number of rotatable bonds is 3. The average Bonchev–Trinajstić information content (AvgIpc) is 2.43. The highest BCUT2D eigenvalue weighted by molar-refractivity contribution is 6.04. The van der Waals surface area contributed by atoms with Crippen molar-refractivity contribution in [3.05, 3.63) is 62.8 Å². The van der Waals surface area contributed by atoms with E-state index in [9.17, 15) is 14.9 Å². The summed E-state index contributed by atoms with van der Waals surface area (Å²) in [5, 5.41) is 13.3. The number of nitro groups is 1. The van der Waals surface area contributed by atoms with Gasteiger partial charge in [-0.25, -0.2) is 4.98 Å². The van der Waals surface area contributed by atoms with Crippen molar-refractivity contribution in [2.75, 3.05) is 5.32 Å². The van der Waals surface area contributed by atoms with Gasteiger partial charge in [0.05, 0.1) is 4.92 Å². The maximum atomic E-state index is 12.2. The summed E-state index contributed by atoms with van der Waals surface area (Å²) >= 11 is 0. The number of aryl methyl sites for hydroxylation is 3. The Bertz CT molecular complexity index is 726. The largest absolute Gasteiger partial charge is 0.306 e. The molecule has 0 spiro atoms. The number of benzene rings is 1. The van der Waals surface area contributed by atoms with E-state index in [1.165, 1.54) is 6.07 Å². The first-order chi connectivity index (χ1) is 9.88. The van der Waals surface area contributed by atoms with E-state index in [0.29, 0.717) is 16.9 Å². The summed E-state index contributed by atoms with van der Waals surface area (Å²) in [6, 6.07) is 6.78. The second kappa shape index (κ2) is 5.70. The summed E-state index contributed by atoms with van der Waals surface area (Å²) in [5.41, 5.74) is 3.10. The van der Waals surface area contributed by atoms with Gasteiger partial charge in [0, 0.05) is 11.6 Å². The first-order valence-corrected chi connectivity index (χ1v) is 6.38. The number of aromatic nitrogens is 1. The van der Waals surface area contributed by atoms with Crippen LogP contribution in [0.25, 0.3) is 0 Å². The van der Waals surface area contributed by atoms with Crippen molar-refractivity contribution >= 4 is 17.4 Å². The Hall–Kier alpha value is -2.76. The molecule has 0 saturated carbocycles. The quantitative estimate of drug-likeness (QED) is 0.693. The lowest BCUT2D eigenvalue weighted by Crippen LogP contribution is -2.14. The van der Waals surface area contributed by atoms with E-state index >= 15 is 0 Å². The molecule has 1 heterocycles. The van der Waals surface area contributed by atoms with Crippen LogP contribution in [0.15, 0.2) is 30.5 Å². The normalized spacial score (nSPS) is 10.2. The molecule has 108 valence electrons. The van der Waals surface area contributed by atoms with Gasteiger partial charge >= 0.3 is 0 Å². The van der Waals surface area contributed by atoms with Crippen LogP contribution in [0, 0.1) is 30.9 Å². The summed E-state index contributed by atoms with van der Waals surface area (Å²) in [6.45, 7) is 5.57. The van der Waals surface area contributed by atoms with Gasteiger partial charge < -0.3 is 5.32 Å². The molecule has 0 saturated heterocycles. The Morgan fingerprint density at radius 1 is 1.14 bits per heavy atom. The van der Waals surface area contributed by atoms with Gasteiger partial charge in [0.2, 0.25) is 0 Å². The van der Waals surface area contributed by atoms with Gasteiger partial charge in [0.1, 0.15) is 12.0 Å². The fourth-order valence-corrected chi connectivity index (χ4v) is 1.85. The Morgan fingerprint density at radius 2 is 1.86 bits per heavy atom. The first kappa shape index (κ1) is 14.6. The Labute approximate surface area is 122 Å². The highest BCUT2D eigenvalue weighted by Gasteiger charge is 2.13. The summed E-state index contributed by atoms with van der Waals surface area (Å²) < 4.78 is 0. The molecular weight excluding hydrogens is 270 g/mol. The second-order valence-corrected chi connectivity index (χ2v) is 4.87. The standard InChI is InChI=1S/C15H15N3O3/c1-9-4-5-12(6-10(9)2)15(19)17-14-11(3)7-13(8-16-14)18(20)21/h4-8H,1-3H3,(H,16,17,19). The fraction of sp³-hybridized carbons (Fsp3) is 0.200. The first-order valence-electron chi connectivity index (χ1n) is 6.38. The van der Waals surface area contributed by atoms with Crippen molar-refractivity contribution in [1.29, 1.82) is 0 Å². The van der Waals surface area contributed by atoms with E-state index in [1.54, 1.807) is 19.1 Å². The van der Waals surface area contributed by atoms with Crippen LogP contribution >= 0.6 is 0 Å². The molecule has 6 heteroatoms. The van der Waals surface area contributed by atoms with Crippen molar-refractivity contribution < 1.29 is 9.72 Å². The van der Waals surface area contributed by atoms with Crippen molar-refractivity contribution in [1.82, 2.24) is 4.98 Å². The van der Waals surface area contributed by atoms with Crippen LogP contribution in [0.3, 0.4) is 0 Å². The lowest BCUT2D eigenvalue weighted by atomic mass is 10.1. The number of carbonyl (C=O) groups is 1. The van der Waals surface area contributed by atoms with Crippen LogP contribution < -0.4 is 5.32 Å². The number of anilines is 1. The van der Waals surface area contributed by atoms with E-state index in [4.69, 9.17) is 0 Å². The second-order valence-electron chi connectivity index (χ2n) is 4.87. The molecule has 0 aliphatic carbocycles. The van der Waals surface area contributed by atoms with E-state index in [0.717, 1.165) is 17.3 Å². The van der Waals surface area contributed by atoms with Crippen LogP contribution in [0.1, 0.15) is 27.0 Å². The number of pyridine rings is 1. The molecule has 2 rings (SSSR count). The minimum Gasteiger partial charge on any atom is -0.306 e. The summed E-state index contributed by atoms with van der Waals surface area (Å²) in [4.78, 5) is 26.2. The van der Waals surface area contributed by atoms with Crippen LogP contribution in [0.4, 0.5) is 11.5 Å². The summed E-state index contributed by atoms with van der Waals surface area (Å²) in [5.74, 6) is 0.0337. The average molecular weight is 285 g/mol. The van der Waals surface area contributed by atoms with Gasteiger partial charge in [0.15, 0.2) is 0 Å². The van der Waals surface area contributed by atoms with Crippen LogP contribution in [0.2, 0.25) is 0 Å². The van der Waals surface area contributed by atoms with Crippen LogP contribution in [-0.2, 0) is 0 Å². The molecule has 1 amide bonds. The highest BCUT2D eigenvalue weighted by atomic mass is 16.6. The topological polar surface area (TPSA) is 85.1 Å². The minimum absolute atomic E-state index is 0.100. The number of hydrogen-bond acceptors (Lipinski definition) is 4. The third kappa shape index (κ3) is 3.22. The van der Waals surface area contributed by atoms with E-state index in [-0.39, 0.29) is 11.6 Å². The lowest BCUT2D eigenvalue weighted by molar-refractivity contribution is -0.385. The van der Waals surface area contributed by atoms with Crippen molar-refractivity contribution in [3.63, 3.8) is 0 Å². The Kier molecular flexibility index (Phi) is 3.98. The monoisotopic (exact) mass is 285 g/mol. The zero-order chi connectivity index (χ0) is 15.6. The van der Waals surface area contributed by atoms with Crippen molar-refractivity contribution in [2.45, 2.75) is 20.8 Å². The Balaban J connectivity index is 2.23. The molecular formula is C15H15N3O3. The molecule has 0 aliphatic rings. The smallest absolute Gasteiger partial charge is 0.287 e. The van der Waals surface area contributed by atoms with E-state index in [2.05, 4.69) is 10.3 Å². The number of nitrogens with zero attached hydrogens (tertiary/aromatic N) is 2. The predicted molar refractivity (Wildman–Crippen MR) is 79.5 cm³/mol. The molecule has 0 radical (unpaired) electrons. The lowest BCUT2D eigenvalue weighted by Gasteiger charge is -2.08. The van der Waals surface area contributed by atoms with Gasteiger partial charge in [-0.2, -0.15) is 0 Å². The van der Waals surface area contributed by atoms with Gasteiger partial charge in [-0.05, 0) is 49.6 Å². The SMILES string of the molecule is Cc1ccc(C(=O)Nc2ncc([N+](=O)[O-])cc2C)cc1C. The number of amides is 1. The molecule has 1 aromatic heterocycles. The number of hydrogen-bond donors (Lipinski definition) is 1. The minimum atomic E-state index is -0.519. The molecule has 0 aliphatic heterocycles. The van der Waals surface area contributed by atoms with Crippen molar-refractivity contribution in [2.24, 2.45) is 0 Å². The third-order valence-corrected chi connectivity index (χ3v) is 3.28. The molecule has 1 aromatic carbocycles. The number of nitrogens with one attached hydrogen (secondary N) is 1. The highest BCUT2D eigenvalue weighted by Crippen LogP contribution is 2.19. The molecule has 6 nitrogen and oxygen atoms in total. The van der Waals surface area contributed by atoms with E-state index in [1.807, 2.05) is 19.9 Å². The Morgan fingerprint density at radius 3 is 2.43 bits per heavy atom. The maximum Gasteiger partial charge on any atom is 0.287 e. The number of carbonyl (C=O) groups excluding carboxylic acids is 1. The third-order valence-electron chi connectivity index (χ3n) is 3.28. The van der Waals surface area contributed by atoms with Gasteiger partial charge in [-0.3, -0.25) is 14.9 Å².